The second kappa shape index (κ2) is 6.58. The molecule has 2 nitrogen and oxygen atoms in total. The highest BCUT2D eigenvalue weighted by molar-refractivity contribution is 7.98. The minimum absolute atomic E-state index is 0.178. The van der Waals surface area contributed by atoms with Gasteiger partial charge in [0.2, 0.25) is 0 Å². The second-order valence-electron chi connectivity index (χ2n) is 6.11. The summed E-state index contributed by atoms with van der Waals surface area (Å²) in [6.45, 7) is 9.24. The summed E-state index contributed by atoms with van der Waals surface area (Å²) in [7, 11) is 2.02. The van der Waals surface area contributed by atoms with E-state index < -0.39 is 0 Å². The first-order valence-corrected chi connectivity index (χ1v) is 7.85. The monoisotopic (exact) mass is 279 g/mol. The molecule has 0 aliphatic carbocycles. The van der Waals surface area contributed by atoms with Gasteiger partial charge in [-0.25, -0.2) is 0 Å². The third-order valence-corrected chi connectivity index (χ3v) is 4.46. The molecule has 106 valence electrons. The Hall–Kier alpha value is -0.800. The number of carbonyl (C=O) groups is 1. The van der Waals surface area contributed by atoms with E-state index in [2.05, 4.69) is 32.6 Å². The van der Waals surface area contributed by atoms with Crippen molar-refractivity contribution in [3.05, 3.63) is 29.8 Å². The van der Waals surface area contributed by atoms with Gasteiger partial charge in [0.15, 0.2) is 5.78 Å². The predicted molar refractivity (Wildman–Crippen MR) is 84.1 cm³/mol. The molecule has 3 heteroatoms. The molecule has 19 heavy (non-hydrogen) atoms. The number of rotatable bonds is 5. The van der Waals surface area contributed by atoms with Crippen molar-refractivity contribution in [3.8, 4) is 0 Å². The molecule has 0 aliphatic rings. The fraction of sp³-hybridized carbons (Fsp3) is 0.562. The Bertz CT molecular complexity index is 419. The maximum absolute atomic E-state index is 12.2. The van der Waals surface area contributed by atoms with Gasteiger partial charge in [0.25, 0.3) is 0 Å². The van der Waals surface area contributed by atoms with Gasteiger partial charge in [-0.05, 0) is 37.8 Å². The van der Waals surface area contributed by atoms with Gasteiger partial charge < -0.3 is 0 Å². The van der Waals surface area contributed by atoms with Crippen LogP contribution in [0.5, 0.6) is 0 Å². The predicted octanol–water partition coefficient (Wildman–Crippen LogP) is 3.96. The molecule has 0 spiro atoms. The van der Waals surface area contributed by atoms with Crippen molar-refractivity contribution in [2.45, 2.75) is 38.6 Å². The lowest BCUT2D eigenvalue weighted by Crippen LogP contribution is -2.41. The van der Waals surface area contributed by atoms with Crippen LogP contribution >= 0.6 is 11.8 Å². The summed E-state index contributed by atoms with van der Waals surface area (Å²) >= 11 is 1.69. The van der Waals surface area contributed by atoms with Gasteiger partial charge in [0.1, 0.15) is 0 Å². The number of benzene rings is 1. The van der Waals surface area contributed by atoms with E-state index in [1.165, 1.54) is 4.90 Å². The molecule has 0 aliphatic heterocycles. The summed E-state index contributed by atoms with van der Waals surface area (Å²) < 4.78 is 0. The van der Waals surface area contributed by atoms with Crippen LogP contribution in [0.15, 0.2) is 29.2 Å². The number of hydrogen-bond donors (Lipinski definition) is 0. The van der Waals surface area contributed by atoms with E-state index in [0.29, 0.717) is 12.6 Å². The van der Waals surface area contributed by atoms with Crippen LogP contribution in [0, 0.1) is 5.41 Å². The summed E-state index contributed by atoms with van der Waals surface area (Å²) in [6, 6.07) is 8.21. The topological polar surface area (TPSA) is 20.3 Å². The Morgan fingerprint density at radius 1 is 1.26 bits per heavy atom. The van der Waals surface area contributed by atoms with Crippen LogP contribution < -0.4 is 0 Å². The fourth-order valence-electron chi connectivity index (χ4n) is 1.89. The number of Topliss-reactive ketones (excluding diaryl/α,β-unsaturated/α-hetero) is 1. The van der Waals surface area contributed by atoms with E-state index in [4.69, 9.17) is 0 Å². The van der Waals surface area contributed by atoms with Gasteiger partial charge in [-0.15, -0.1) is 11.8 Å². The molecule has 0 saturated heterocycles. The fourth-order valence-corrected chi connectivity index (χ4v) is 2.30. The lowest BCUT2D eigenvalue weighted by Gasteiger charge is -2.34. The zero-order valence-corrected chi connectivity index (χ0v) is 13.7. The molecule has 1 aromatic rings. The summed E-state index contributed by atoms with van der Waals surface area (Å²) in [5.41, 5.74) is 0.975. The van der Waals surface area contributed by atoms with Gasteiger partial charge in [-0.3, -0.25) is 9.69 Å². The lowest BCUT2D eigenvalue weighted by molar-refractivity contribution is 0.0853. The molecule has 0 aromatic heterocycles. The van der Waals surface area contributed by atoms with Crippen molar-refractivity contribution in [2.75, 3.05) is 19.8 Å². The van der Waals surface area contributed by atoms with Crippen molar-refractivity contribution in [1.29, 1.82) is 0 Å². The van der Waals surface area contributed by atoms with E-state index in [-0.39, 0.29) is 11.2 Å². The van der Waals surface area contributed by atoms with E-state index >= 15 is 0 Å². The summed E-state index contributed by atoms with van der Waals surface area (Å²) in [5, 5.41) is 0. The van der Waals surface area contributed by atoms with Crippen molar-refractivity contribution < 1.29 is 4.79 Å². The second-order valence-corrected chi connectivity index (χ2v) is 6.99. The molecule has 1 aromatic carbocycles. The maximum atomic E-state index is 12.2. The summed E-state index contributed by atoms with van der Waals surface area (Å²) in [4.78, 5) is 15.6. The molecule has 0 N–H and O–H groups in total. The molecule has 0 fully saturated rings. The quantitative estimate of drug-likeness (QED) is 0.601. The van der Waals surface area contributed by atoms with Crippen LogP contribution in [0.3, 0.4) is 0 Å². The van der Waals surface area contributed by atoms with E-state index in [1.807, 2.05) is 37.6 Å². The third kappa shape index (κ3) is 4.66. The van der Waals surface area contributed by atoms with Crippen LogP contribution in [0.4, 0.5) is 0 Å². The van der Waals surface area contributed by atoms with Crippen LogP contribution in [0.2, 0.25) is 0 Å². The number of thioether (sulfide) groups is 1. The Morgan fingerprint density at radius 3 is 2.21 bits per heavy atom. The van der Waals surface area contributed by atoms with Gasteiger partial charge in [-0.2, -0.15) is 0 Å². The molecule has 0 heterocycles. The molecule has 0 bridgehead atoms. The van der Waals surface area contributed by atoms with Crippen molar-refractivity contribution in [2.24, 2.45) is 5.41 Å². The number of nitrogens with zero attached hydrogens (tertiary/aromatic N) is 1. The first-order valence-electron chi connectivity index (χ1n) is 6.63. The Balaban J connectivity index is 2.68. The highest BCUT2D eigenvalue weighted by Crippen LogP contribution is 2.23. The summed E-state index contributed by atoms with van der Waals surface area (Å²) in [5.74, 6) is 0.186. The molecule has 1 atom stereocenters. The van der Waals surface area contributed by atoms with E-state index in [9.17, 15) is 4.79 Å². The lowest BCUT2D eigenvalue weighted by atomic mass is 9.87. The molecule has 0 saturated carbocycles. The molecule has 1 rings (SSSR count). The highest BCUT2D eigenvalue weighted by atomic mass is 32.2. The molecular formula is C16H25NOS. The van der Waals surface area contributed by atoms with Crippen molar-refractivity contribution >= 4 is 17.5 Å². The number of likely N-dealkylation sites (N-methyl/N-ethyl adjacent to an activating group) is 1. The van der Waals surface area contributed by atoms with Gasteiger partial charge >= 0.3 is 0 Å². The van der Waals surface area contributed by atoms with Crippen molar-refractivity contribution in [3.63, 3.8) is 0 Å². The first kappa shape index (κ1) is 16.3. The Morgan fingerprint density at radius 2 is 1.79 bits per heavy atom. The third-order valence-electron chi connectivity index (χ3n) is 3.72. The maximum Gasteiger partial charge on any atom is 0.176 e. The standard InChI is InChI=1S/C16H25NOS/c1-12(16(2,3)4)17(5)11-15(18)13-7-9-14(19-6)10-8-13/h7-10,12H,11H2,1-6H3. The normalized spacial score (nSPS) is 13.6. The highest BCUT2D eigenvalue weighted by Gasteiger charge is 2.25. The van der Waals surface area contributed by atoms with Crippen LogP contribution in [-0.4, -0.2) is 36.6 Å². The van der Waals surface area contributed by atoms with Crippen LogP contribution in [-0.2, 0) is 0 Å². The minimum atomic E-state index is 0.178. The Labute approximate surface area is 121 Å². The molecule has 0 radical (unpaired) electrons. The van der Waals surface area contributed by atoms with Gasteiger partial charge in [0, 0.05) is 16.5 Å². The van der Waals surface area contributed by atoms with E-state index in [1.54, 1.807) is 11.8 Å². The summed E-state index contributed by atoms with van der Waals surface area (Å²) in [6.07, 6.45) is 2.04. The molecular weight excluding hydrogens is 254 g/mol. The minimum Gasteiger partial charge on any atom is -0.296 e. The first-order chi connectivity index (χ1) is 8.75. The number of carbonyl (C=O) groups excluding carboxylic acids is 1. The Kier molecular flexibility index (Phi) is 5.63. The molecule has 1 unspecified atom stereocenters. The van der Waals surface area contributed by atoms with Crippen LogP contribution in [0.25, 0.3) is 0 Å². The zero-order chi connectivity index (χ0) is 14.6. The van der Waals surface area contributed by atoms with E-state index in [0.717, 1.165) is 5.56 Å². The van der Waals surface area contributed by atoms with Gasteiger partial charge in [-0.1, -0.05) is 32.9 Å². The van der Waals surface area contributed by atoms with Gasteiger partial charge in [0.05, 0.1) is 6.54 Å². The number of ketones is 1. The molecule has 0 amide bonds. The van der Waals surface area contributed by atoms with Crippen molar-refractivity contribution in [1.82, 2.24) is 4.90 Å². The average molecular weight is 279 g/mol. The smallest absolute Gasteiger partial charge is 0.176 e. The average Bonchev–Trinajstić information content (AvgIpc) is 2.36. The zero-order valence-electron chi connectivity index (χ0n) is 12.9. The van der Waals surface area contributed by atoms with Crippen LogP contribution in [0.1, 0.15) is 38.1 Å². The number of hydrogen-bond acceptors (Lipinski definition) is 3. The SMILES string of the molecule is CSc1ccc(C(=O)CN(C)C(C)C(C)(C)C)cc1. The largest absolute Gasteiger partial charge is 0.296 e.